The van der Waals surface area contributed by atoms with Gasteiger partial charge >= 0.3 is 5.97 Å². The zero-order valence-electron chi connectivity index (χ0n) is 10.6. The number of hydrogen-bond donors (Lipinski definition) is 0. The quantitative estimate of drug-likeness (QED) is 0.783. The Bertz CT molecular complexity index is 483. The van der Waals surface area contributed by atoms with Crippen molar-refractivity contribution in [3.63, 3.8) is 0 Å². The second-order valence-electron chi connectivity index (χ2n) is 4.35. The first-order chi connectivity index (χ1) is 8.69. The third kappa shape index (κ3) is 2.09. The van der Waals surface area contributed by atoms with Crippen LogP contribution in [0.5, 0.6) is 0 Å². The van der Waals surface area contributed by atoms with E-state index in [0.29, 0.717) is 10.5 Å². The van der Waals surface area contributed by atoms with Crippen LogP contribution >= 0.6 is 0 Å². The van der Waals surface area contributed by atoms with E-state index < -0.39 is 5.41 Å². The molecule has 0 bridgehead atoms. The Morgan fingerprint density at radius 2 is 1.33 bits per heavy atom. The first-order valence-corrected chi connectivity index (χ1v) is 6.70. The minimum absolute atomic E-state index is 0.188. The second-order valence-corrected chi connectivity index (χ2v) is 4.76. The summed E-state index contributed by atoms with van der Waals surface area (Å²) in [5, 5.41) is 0. The summed E-state index contributed by atoms with van der Waals surface area (Å²) in [6.45, 7) is 1.91. The van der Waals surface area contributed by atoms with Crippen molar-refractivity contribution in [2.24, 2.45) is 0 Å². The number of benzene rings is 2. The van der Waals surface area contributed by atoms with Crippen molar-refractivity contribution in [2.75, 3.05) is 0 Å². The van der Waals surface area contributed by atoms with E-state index in [2.05, 4.69) is 0 Å². The Morgan fingerprint density at radius 1 is 0.944 bits per heavy atom. The molecule has 0 spiro atoms. The lowest BCUT2D eigenvalue weighted by molar-refractivity contribution is -0.138. The third-order valence-electron chi connectivity index (χ3n) is 3.30. The lowest BCUT2D eigenvalue weighted by atomic mass is 9.76. The fourth-order valence-electron chi connectivity index (χ4n) is 2.15. The molecule has 0 amide bonds. The molecule has 0 unspecified atom stereocenters. The van der Waals surface area contributed by atoms with Crippen LogP contribution in [-0.4, -0.2) is 16.5 Å². The van der Waals surface area contributed by atoms with E-state index in [-0.39, 0.29) is 5.97 Å². The summed E-state index contributed by atoms with van der Waals surface area (Å²) >= 11 is 0. The highest BCUT2D eigenvalue weighted by Gasteiger charge is 2.37. The van der Waals surface area contributed by atoms with Crippen molar-refractivity contribution in [3.8, 4) is 0 Å². The molecule has 0 fully saturated rings. The standard InChI is InChI=1S/C15H16O2Si/c1-15(14(16)17-18,12-8-4-2-5-9-12)13-10-6-3-7-11-13/h2-11H,1,18H3. The smallest absolute Gasteiger partial charge is 0.306 e. The number of carbonyl (C=O) groups is 1. The van der Waals surface area contributed by atoms with Crippen LogP contribution < -0.4 is 0 Å². The second kappa shape index (κ2) is 5.19. The molecule has 18 heavy (non-hydrogen) atoms. The van der Waals surface area contributed by atoms with Gasteiger partial charge in [0.15, 0.2) is 0 Å². The fraction of sp³-hybridized carbons (Fsp3) is 0.133. The van der Waals surface area contributed by atoms with Crippen LogP contribution in [0.4, 0.5) is 0 Å². The average Bonchev–Trinajstić information content (AvgIpc) is 2.47. The van der Waals surface area contributed by atoms with Crippen LogP contribution in [-0.2, 0) is 14.6 Å². The van der Waals surface area contributed by atoms with E-state index in [0.717, 1.165) is 11.1 Å². The molecular formula is C15H16O2Si. The molecule has 0 atom stereocenters. The highest BCUT2D eigenvalue weighted by molar-refractivity contribution is 6.08. The summed E-state index contributed by atoms with van der Waals surface area (Å²) in [7, 11) is 0.406. The molecule has 0 N–H and O–H groups in total. The summed E-state index contributed by atoms with van der Waals surface area (Å²) in [6, 6.07) is 19.5. The SMILES string of the molecule is CC(C(=O)O[SiH3])(c1ccccc1)c1ccccc1. The molecule has 92 valence electrons. The van der Waals surface area contributed by atoms with Crippen molar-refractivity contribution >= 4 is 16.5 Å². The van der Waals surface area contributed by atoms with Gasteiger partial charge in [-0.05, 0) is 18.1 Å². The van der Waals surface area contributed by atoms with Crippen molar-refractivity contribution in [3.05, 3.63) is 71.8 Å². The summed E-state index contributed by atoms with van der Waals surface area (Å²) in [5.41, 5.74) is 1.18. The summed E-state index contributed by atoms with van der Waals surface area (Å²) in [5.74, 6) is -0.188. The Morgan fingerprint density at radius 3 is 1.67 bits per heavy atom. The van der Waals surface area contributed by atoms with Crippen molar-refractivity contribution in [1.82, 2.24) is 0 Å². The molecule has 0 aliphatic rings. The van der Waals surface area contributed by atoms with Crippen LogP contribution in [0, 0.1) is 0 Å². The lowest BCUT2D eigenvalue weighted by Crippen LogP contribution is -2.35. The molecule has 2 rings (SSSR count). The van der Waals surface area contributed by atoms with Gasteiger partial charge in [-0.1, -0.05) is 60.7 Å². The van der Waals surface area contributed by atoms with Gasteiger partial charge in [-0.15, -0.1) is 0 Å². The van der Waals surface area contributed by atoms with Gasteiger partial charge in [0.2, 0.25) is 10.5 Å². The number of carbonyl (C=O) groups excluding carboxylic acids is 1. The molecule has 0 aromatic heterocycles. The van der Waals surface area contributed by atoms with Crippen LogP contribution in [0.2, 0.25) is 0 Å². The topological polar surface area (TPSA) is 26.3 Å². The minimum Gasteiger partial charge on any atom is -0.528 e. The van der Waals surface area contributed by atoms with E-state index in [4.69, 9.17) is 4.43 Å². The molecule has 0 aliphatic carbocycles. The Hall–Kier alpha value is -1.87. The van der Waals surface area contributed by atoms with Gasteiger partial charge in [-0.2, -0.15) is 0 Å². The van der Waals surface area contributed by atoms with Crippen LogP contribution in [0.1, 0.15) is 18.1 Å². The van der Waals surface area contributed by atoms with E-state index in [1.165, 1.54) is 0 Å². The molecule has 0 saturated carbocycles. The fourth-order valence-corrected chi connectivity index (χ4v) is 2.56. The van der Waals surface area contributed by atoms with Crippen LogP contribution in [0.25, 0.3) is 0 Å². The van der Waals surface area contributed by atoms with Gasteiger partial charge < -0.3 is 4.43 Å². The van der Waals surface area contributed by atoms with Gasteiger partial charge in [-0.25, -0.2) is 0 Å². The molecule has 0 heterocycles. The monoisotopic (exact) mass is 256 g/mol. The molecule has 2 aromatic rings. The van der Waals surface area contributed by atoms with Gasteiger partial charge in [-0.3, -0.25) is 4.79 Å². The lowest BCUT2D eigenvalue weighted by Gasteiger charge is -2.28. The molecule has 0 aliphatic heterocycles. The normalized spacial score (nSPS) is 11.2. The van der Waals surface area contributed by atoms with Crippen molar-refractivity contribution in [2.45, 2.75) is 12.3 Å². The Labute approximate surface area is 110 Å². The third-order valence-corrected chi connectivity index (χ3v) is 3.67. The van der Waals surface area contributed by atoms with Gasteiger partial charge in [0, 0.05) is 0 Å². The Kier molecular flexibility index (Phi) is 3.62. The van der Waals surface area contributed by atoms with Crippen LogP contribution in [0.15, 0.2) is 60.7 Å². The van der Waals surface area contributed by atoms with E-state index in [1.807, 2.05) is 67.6 Å². The maximum absolute atomic E-state index is 12.2. The molecule has 0 radical (unpaired) electrons. The molecule has 2 nitrogen and oxygen atoms in total. The highest BCUT2D eigenvalue weighted by Crippen LogP contribution is 2.32. The minimum atomic E-state index is -0.732. The van der Waals surface area contributed by atoms with Gasteiger partial charge in [0.25, 0.3) is 0 Å². The van der Waals surface area contributed by atoms with E-state index in [1.54, 1.807) is 0 Å². The van der Waals surface area contributed by atoms with Gasteiger partial charge in [0.05, 0.1) is 0 Å². The van der Waals surface area contributed by atoms with Crippen molar-refractivity contribution in [1.29, 1.82) is 0 Å². The van der Waals surface area contributed by atoms with E-state index in [9.17, 15) is 4.79 Å². The molecule has 0 saturated heterocycles. The number of rotatable bonds is 3. The zero-order valence-corrected chi connectivity index (χ0v) is 12.6. The van der Waals surface area contributed by atoms with Crippen LogP contribution in [0.3, 0.4) is 0 Å². The first-order valence-electron chi connectivity index (χ1n) is 5.89. The summed E-state index contributed by atoms with van der Waals surface area (Å²) < 4.78 is 5.12. The molecule has 3 heteroatoms. The average molecular weight is 256 g/mol. The Balaban J connectivity index is 2.59. The molecular weight excluding hydrogens is 240 g/mol. The first kappa shape index (κ1) is 12.6. The maximum atomic E-state index is 12.2. The predicted molar refractivity (Wildman–Crippen MR) is 75.4 cm³/mol. The van der Waals surface area contributed by atoms with E-state index >= 15 is 0 Å². The number of hydrogen-bond acceptors (Lipinski definition) is 2. The zero-order chi connectivity index (χ0) is 13.0. The summed E-state index contributed by atoms with van der Waals surface area (Å²) in [4.78, 5) is 12.2. The molecule has 2 aromatic carbocycles. The highest BCUT2D eigenvalue weighted by atomic mass is 28.2. The summed E-state index contributed by atoms with van der Waals surface area (Å²) in [6.07, 6.45) is 0. The van der Waals surface area contributed by atoms with Crippen molar-refractivity contribution < 1.29 is 9.22 Å². The predicted octanol–water partition coefficient (Wildman–Crippen LogP) is 1.82. The van der Waals surface area contributed by atoms with Gasteiger partial charge in [0.1, 0.15) is 5.41 Å². The maximum Gasteiger partial charge on any atom is 0.306 e. The largest absolute Gasteiger partial charge is 0.528 e.